The zero-order valence-corrected chi connectivity index (χ0v) is 9.99. The van der Waals surface area contributed by atoms with E-state index >= 15 is 0 Å². The summed E-state index contributed by atoms with van der Waals surface area (Å²) in [5.41, 5.74) is 2.80. The fourth-order valence-electron chi connectivity index (χ4n) is 1.32. The third-order valence-electron chi connectivity index (χ3n) is 2.21. The van der Waals surface area contributed by atoms with Crippen molar-refractivity contribution in [1.82, 2.24) is 4.98 Å². The van der Waals surface area contributed by atoms with E-state index in [1.165, 1.54) is 12.1 Å². The summed E-state index contributed by atoms with van der Waals surface area (Å²) in [6, 6.07) is 2.87. The zero-order valence-electron chi connectivity index (χ0n) is 9.17. The van der Waals surface area contributed by atoms with Crippen LogP contribution in [0.2, 0.25) is 0 Å². The lowest BCUT2D eigenvalue weighted by molar-refractivity contribution is 0.0653. The molecule has 0 fully saturated rings. The van der Waals surface area contributed by atoms with Crippen LogP contribution in [-0.2, 0) is 6.42 Å². The number of hydrogen-bond acceptors (Lipinski definition) is 5. The zero-order chi connectivity index (χ0) is 12.3. The Hall–Kier alpha value is -1.82. The van der Waals surface area contributed by atoms with E-state index in [1.54, 1.807) is 16.8 Å². The van der Waals surface area contributed by atoms with Crippen molar-refractivity contribution in [2.24, 2.45) is 0 Å². The first kappa shape index (κ1) is 11.7. The van der Waals surface area contributed by atoms with Gasteiger partial charge in [0.1, 0.15) is 0 Å². The normalized spacial score (nSPS) is 10.4. The van der Waals surface area contributed by atoms with Crippen molar-refractivity contribution in [3.8, 4) is 5.95 Å². The number of rotatable bonds is 5. The summed E-state index contributed by atoms with van der Waals surface area (Å²) in [6.07, 6.45) is 0.736. The number of carboxylic acid groups (broad SMARTS) is 1. The first-order valence-corrected chi connectivity index (χ1v) is 5.89. The van der Waals surface area contributed by atoms with Crippen LogP contribution >= 0.6 is 11.3 Å². The minimum atomic E-state index is -1.10. The lowest BCUT2D eigenvalue weighted by Crippen LogP contribution is -2.00. The second-order valence-electron chi connectivity index (χ2n) is 3.38. The van der Waals surface area contributed by atoms with Gasteiger partial charge in [0, 0.05) is 17.4 Å². The molecule has 0 amide bonds. The topological polar surface area (TPSA) is 72.6 Å². The molecule has 2 heterocycles. The van der Waals surface area contributed by atoms with Crippen molar-refractivity contribution in [3.63, 3.8) is 0 Å². The van der Waals surface area contributed by atoms with Crippen molar-refractivity contribution < 1.29 is 19.1 Å². The van der Waals surface area contributed by atoms with Gasteiger partial charge in [0.2, 0.25) is 5.76 Å². The fraction of sp³-hybridized carbons (Fsp3) is 0.273. The molecule has 6 heteroatoms. The Bertz CT molecular complexity index is 517. The first-order chi connectivity index (χ1) is 8.16. The Morgan fingerprint density at radius 3 is 3.00 bits per heavy atom. The molecule has 90 valence electrons. The number of hydrogen-bond donors (Lipinski definition) is 1. The minimum Gasteiger partial charge on any atom is -0.475 e. The number of aryl methyl sites for hydroxylation is 1. The number of nitrogens with zero attached hydrogens (tertiary/aromatic N) is 1. The van der Waals surface area contributed by atoms with Crippen LogP contribution in [-0.4, -0.2) is 22.7 Å². The highest BCUT2D eigenvalue weighted by molar-refractivity contribution is 7.09. The molecule has 0 radical (unpaired) electrons. The lowest BCUT2D eigenvalue weighted by Gasteiger charge is -2.01. The average Bonchev–Trinajstić information content (AvgIpc) is 2.89. The van der Waals surface area contributed by atoms with Gasteiger partial charge in [0.15, 0.2) is 0 Å². The van der Waals surface area contributed by atoms with Crippen molar-refractivity contribution in [2.45, 2.75) is 13.3 Å². The minimum absolute atomic E-state index is 0.117. The van der Waals surface area contributed by atoms with Gasteiger partial charge in [-0.05, 0) is 13.0 Å². The maximum Gasteiger partial charge on any atom is 0.371 e. The van der Waals surface area contributed by atoms with Crippen LogP contribution in [0, 0.1) is 6.92 Å². The summed E-state index contributed by atoms with van der Waals surface area (Å²) in [7, 11) is 0. The molecule has 0 saturated heterocycles. The number of thiazole rings is 1. The molecule has 0 atom stereocenters. The van der Waals surface area contributed by atoms with Crippen LogP contribution in [0.25, 0.3) is 0 Å². The summed E-state index contributed by atoms with van der Waals surface area (Å²) in [6.45, 7) is 2.39. The van der Waals surface area contributed by atoms with Crippen LogP contribution in [0.3, 0.4) is 0 Å². The molecule has 0 aromatic carbocycles. The molecule has 17 heavy (non-hydrogen) atoms. The van der Waals surface area contributed by atoms with Gasteiger partial charge in [0.05, 0.1) is 17.8 Å². The van der Waals surface area contributed by atoms with E-state index < -0.39 is 5.97 Å². The van der Waals surface area contributed by atoms with Crippen LogP contribution in [0.5, 0.6) is 5.95 Å². The van der Waals surface area contributed by atoms with E-state index in [-0.39, 0.29) is 11.7 Å². The van der Waals surface area contributed by atoms with Gasteiger partial charge in [0.25, 0.3) is 5.95 Å². The van der Waals surface area contributed by atoms with Gasteiger partial charge in [-0.1, -0.05) is 0 Å². The van der Waals surface area contributed by atoms with E-state index in [2.05, 4.69) is 4.98 Å². The molecule has 1 N–H and O–H groups in total. The Labute approximate surface area is 102 Å². The number of furan rings is 1. The predicted octanol–water partition coefficient (Wildman–Crippen LogP) is 2.36. The molecule has 0 spiro atoms. The fourth-order valence-corrected chi connectivity index (χ4v) is 2.09. The molecule has 0 aliphatic carbocycles. The largest absolute Gasteiger partial charge is 0.475 e. The second-order valence-corrected chi connectivity index (χ2v) is 4.32. The summed E-state index contributed by atoms with van der Waals surface area (Å²) >= 11 is 1.58. The van der Waals surface area contributed by atoms with Gasteiger partial charge >= 0.3 is 5.97 Å². The van der Waals surface area contributed by atoms with E-state index in [0.717, 1.165) is 17.0 Å². The molecule has 0 unspecified atom stereocenters. The van der Waals surface area contributed by atoms with E-state index in [9.17, 15) is 4.79 Å². The average molecular weight is 253 g/mol. The van der Waals surface area contributed by atoms with Gasteiger partial charge in [-0.15, -0.1) is 11.3 Å². The summed E-state index contributed by atoms with van der Waals surface area (Å²) < 4.78 is 10.3. The van der Waals surface area contributed by atoms with Gasteiger partial charge < -0.3 is 14.3 Å². The third-order valence-corrected chi connectivity index (χ3v) is 3.21. The van der Waals surface area contributed by atoms with Gasteiger partial charge in [-0.25, -0.2) is 9.78 Å². The lowest BCUT2D eigenvalue weighted by atomic mass is 10.3. The Morgan fingerprint density at radius 2 is 2.41 bits per heavy atom. The van der Waals surface area contributed by atoms with Crippen molar-refractivity contribution in [1.29, 1.82) is 0 Å². The van der Waals surface area contributed by atoms with Crippen LogP contribution in [0.15, 0.2) is 22.1 Å². The molecule has 2 aromatic heterocycles. The Morgan fingerprint density at radius 1 is 1.59 bits per heavy atom. The van der Waals surface area contributed by atoms with Crippen LogP contribution < -0.4 is 4.74 Å². The number of aromatic nitrogens is 1. The standard InChI is InChI=1S/C11H11NO4S/c1-7-9(17-6-12-7)4-5-15-10-3-2-8(16-10)11(13)14/h2-3,6H,4-5H2,1H3,(H,13,14). The molecular weight excluding hydrogens is 242 g/mol. The van der Waals surface area contributed by atoms with Gasteiger partial charge in [-0.2, -0.15) is 0 Å². The molecule has 0 bridgehead atoms. The first-order valence-electron chi connectivity index (χ1n) is 5.01. The van der Waals surface area contributed by atoms with Crippen LogP contribution in [0.1, 0.15) is 21.1 Å². The van der Waals surface area contributed by atoms with E-state index in [4.69, 9.17) is 14.3 Å². The number of carboxylic acids is 1. The number of ether oxygens (including phenoxy) is 1. The Balaban J connectivity index is 1.86. The molecule has 0 aliphatic rings. The highest BCUT2D eigenvalue weighted by Gasteiger charge is 2.09. The van der Waals surface area contributed by atoms with Gasteiger partial charge in [-0.3, -0.25) is 0 Å². The number of aromatic carboxylic acids is 1. The van der Waals surface area contributed by atoms with Crippen LogP contribution in [0.4, 0.5) is 0 Å². The molecule has 5 nitrogen and oxygen atoms in total. The smallest absolute Gasteiger partial charge is 0.371 e. The Kier molecular flexibility index (Phi) is 3.43. The molecule has 0 aliphatic heterocycles. The molecular formula is C11H11NO4S. The maximum atomic E-state index is 10.6. The molecule has 2 aromatic rings. The van der Waals surface area contributed by atoms with E-state index in [1.807, 2.05) is 6.92 Å². The highest BCUT2D eigenvalue weighted by atomic mass is 32.1. The second kappa shape index (κ2) is 5.01. The maximum absolute atomic E-state index is 10.6. The summed E-state index contributed by atoms with van der Waals surface area (Å²) in [4.78, 5) is 15.9. The van der Waals surface area contributed by atoms with Crippen molar-refractivity contribution in [2.75, 3.05) is 6.61 Å². The summed E-state index contributed by atoms with van der Waals surface area (Å²) in [5.74, 6) is -0.989. The third kappa shape index (κ3) is 2.85. The highest BCUT2D eigenvalue weighted by Crippen LogP contribution is 2.17. The quantitative estimate of drug-likeness (QED) is 0.885. The van der Waals surface area contributed by atoms with E-state index in [0.29, 0.717) is 6.61 Å². The predicted molar refractivity (Wildman–Crippen MR) is 61.7 cm³/mol. The monoisotopic (exact) mass is 253 g/mol. The summed E-state index contributed by atoms with van der Waals surface area (Å²) in [5, 5.41) is 8.65. The van der Waals surface area contributed by atoms with Crippen molar-refractivity contribution >= 4 is 17.3 Å². The molecule has 2 rings (SSSR count). The van der Waals surface area contributed by atoms with Crippen molar-refractivity contribution in [3.05, 3.63) is 34.0 Å². The molecule has 0 saturated carbocycles. The number of carbonyl (C=O) groups is 1. The SMILES string of the molecule is Cc1ncsc1CCOc1ccc(C(=O)O)o1.